The van der Waals surface area contributed by atoms with Crippen LogP contribution in [-0.2, 0) is 9.53 Å². The lowest BCUT2D eigenvalue weighted by atomic mass is 9.82. The summed E-state index contributed by atoms with van der Waals surface area (Å²) in [5.41, 5.74) is 0.130. The van der Waals surface area contributed by atoms with E-state index in [9.17, 15) is 4.79 Å². The Kier molecular flexibility index (Phi) is 5.96. The minimum absolute atomic E-state index is 0.106. The average Bonchev–Trinajstić information content (AvgIpc) is 2.34. The second kappa shape index (κ2) is 7.00. The summed E-state index contributed by atoms with van der Waals surface area (Å²) in [6.07, 6.45) is 9.29. The molecule has 3 heteroatoms. The number of ether oxygens (including phenoxy) is 1. The van der Waals surface area contributed by atoms with Crippen LogP contribution in [-0.4, -0.2) is 24.7 Å². The number of rotatable bonds is 6. The zero-order chi connectivity index (χ0) is 12.7. The fourth-order valence-corrected chi connectivity index (χ4v) is 2.70. The molecule has 1 atom stereocenters. The molecule has 0 bridgehead atoms. The van der Waals surface area contributed by atoms with E-state index in [-0.39, 0.29) is 17.6 Å². The van der Waals surface area contributed by atoms with Crippen molar-refractivity contribution in [2.45, 2.75) is 76.8 Å². The van der Waals surface area contributed by atoms with Crippen LogP contribution < -0.4 is 5.32 Å². The van der Waals surface area contributed by atoms with Crippen molar-refractivity contribution in [1.29, 1.82) is 0 Å². The highest BCUT2D eigenvalue weighted by Gasteiger charge is 2.31. The first-order valence-corrected chi connectivity index (χ1v) is 6.97. The van der Waals surface area contributed by atoms with Crippen LogP contribution in [0.3, 0.4) is 0 Å². The summed E-state index contributed by atoms with van der Waals surface area (Å²) in [6.45, 7) is 4.39. The van der Waals surface area contributed by atoms with Gasteiger partial charge in [-0.2, -0.15) is 0 Å². The SMILES string of the molecule is CCCCC(NC1(C)CCCCC1)C(=O)OC. The van der Waals surface area contributed by atoms with Gasteiger partial charge in [0.1, 0.15) is 6.04 Å². The molecule has 3 nitrogen and oxygen atoms in total. The Labute approximate surface area is 105 Å². The van der Waals surface area contributed by atoms with Gasteiger partial charge in [0.2, 0.25) is 0 Å². The smallest absolute Gasteiger partial charge is 0.322 e. The minimum Gasteiger partial charge on any atom is -0.468 e. The average molecular weight is 241 g/mol. The molecule has 1 rings (SSSR count). The summed E-state index contributed by atoms with van der Waals surface area (Å²) in [4.78, 5) is 11.7. The van der Waals surface area contributed by atoms with Crippen molar-refractivity contribution in [3.63, 3.8) is 0 Å². The van der Waals surface area contributed by atoms with Crippen molar-refractivity contribution in [3.05, 3.63) is 0 Å². The van der Waals surface area contributed by atoms with Crippen molar-refractivity contribution in [1.82, 2.24) is 5.32 Å². The first-order valence-electron chi connectivity index (χ1n) is 6.97. The van der Waals surface area contributed by atoms with Crippen molar-refractivity contribution in [2.75, 3.05) is 7.11 Å². The van der Waals surface area contributed by atoms with E-state index in [1.807, 2.05) is 0 Å². The Bertz CT molecular complexity index is 234. The maximum Gasteiger partial charge on any atom is 0.322 e. The Morgan fingerprint density at radius 1 is 1.35 bits per heavy atom. The topological polar surface area (TPSA) is 38.3 Å². The van der Waals surface area contributed by atoms with E-state index < -0.39 is 0 Å². The fraction of sp³-hybridized carbons (Fsp3) is 0.929. The van der Waals surface area contributed by atoms with E-state index in [1.54, 1.807) is 0 Å². The second-order valence-corrected chi connectivity index (χ2v) is 5.48. The molecule has 1 aliphatic rings. The Balaban J connectivity index is 2.54. The van der Waals surface area contributed by atoms with E-state index in [0.29, 0.717) is 0 Å². The molecule has 0 aromatic carbocycles. The first kappa shape index (κ1) is 14.5. The largest absolute Gasteiger partial charge is 0.468 e. The third kappa shape index (κ3) is 4.66. The number of carbonyl (C=O) groups is 1. The Morgan fingerprint density at radius 2 is 2.00 bits per heavy atom. The quantitative estimate of drug-likeness (QED) is 0.726. The number of carbonyl (C=O) groups excluding carboxylic acids is 1. The van der Waals surface area contributed by atoms with Crippen molar-refractivity contribution in [3.8, 4) is 0 Å². The number of unbranched alkanes of at least 4 members (excludes halogenated alkanes) is 1. The Hall–Kier alpha value is -0.570. The van der Waals surface area contributed by atoms with E-state index in [0.717, 1.165) is 19.3 Å². The second-order valence-electron chi connectivity index (χ2n) is 5.48. The summed E-state index contributed by atoms with van der Waals surface area (Å²) in [5.74, 6) is -0.106. The Morgan fingerprint density at radius 3 is 2.53 bits per heavy atom. The number of hydrogen-bond donors (Lipinski definition) is 1. The highest BCUT2D eigenvalue weighted by atomic mass is 16.5. The van der Waals surface area contributed by atoms with Crippen LogP contribution >= 0.6 is 0 Å². The number of esters is 1. The monoisotopic (exact) mass is 241 g/mol. The lowest BCUT2D eigenvalue weighted by Gasteiger charge is -2.37. The van der Waals surface area contributed by atoms with Crippen LogP contribution in [0.4, 0.5) is 0 Å². The number of methoxy groups -OCH3 is 1. The van der Waals surface area contributed by atoms with Crippen LogP contribution in [0.25, 0.3) is 0 Å². The van der Waals surface area contributed by atoms with Crippen molar-refractivity contribution in [2.24, 2.45) is 0 Å². The van der Waals surface area contributed by atoms with Gasteiger partial charge in [-0.3, -0.25) is 10.1 Å². The molecule has 100 valence electrons. The lowest BCUT2D eigenvalue weighted by Crippen LogP contribution is -2.52. The highest BCUT2D eigenvalue weighted by molar-refractivity contribution is 5.75. The van der Waals surface area contributed by atoms with Gasteiger partial charge in [-0.1, -0.05) is 39.0 Å². The van der Waals surface area contributed by atoms with E-state index in [4.69, 9.17) is 4.74 Å². The molecule has 0 radical (unpaired) electrons. The van der Waals surface area contributed by atoms with Gasteiger partial charge >= 0.3 is 5.97 Å². The van der Waals surface area contributed by atoms with E-state index >= 15 is 0 Å². The maximum absolute atomic E-state index is 11.7. The van der Waals surface area contributed by atoms with Gasteiger partial charge < -0.3 is 4.74 Å². The standard InChI is InChI=1S/C14H27NO2/c1-4-5-9-12(13(16)17-3)15-14(2)10-7-6-8-11-14/h12,15H,4-11H2,1-3H3. The molecule has 1 aliphatic carbocycles. The van der Waals surface area contributed by atoms with Crippen molar-refractivity contribution < 1.29 is 9.53 Å². The molecule has 0 amide bonds. The molecule has 0 aromatic rings. The van der Waals surface area contributed by atoms with Crippen LogP contribution in [0.2, 0.25) is 0 Å². The predicted octanol–water partition coefficient (Wildman–Crippen LogP) is 3.03. The number of hydrogen-bond acceptors (Lipinski definition) is 3. The van der Waals surface area contributed by atoms with Gasteiger partial charge in [-0.05, 0) is 26.2 Å². The molecule has 17 heavy (non-hydrogen) atoms. The lowest BCUT2D eigenvalue weighted by molar-refractivity contribution is -0.144. The molecule has 0 saturated heterocycles. The van der Waals surface area contributed by atoms with Crippen LogP contribution in [0.1, 0.15) is 65.2 Å². The summed E-state index contributed by atoms with van der Waals surface area (Å²) in [7, 11) is 1.48. The zero-order valence-corrected chi connectivity index (χ0v) is 11.6. The molecule has 0 aliphatic heterocycles. The molecule has 1 fully saturated rings. The van der Waals surface area contributed by atoms with E-state index in [1.165, 1.54) is 39.2 Å². The normalized spacial score (nSPS) is 20.9. The van der Waals surface area contributed by atoms with Gasteiger partial charge in [-0.25, -0.2) is 0 Å². The first-order chi connectivity index (χ1) is 8.11. The van der Waals surface area contributed by atoms with Gasteiger partial charge in [-0.15, -0.1) is 0 Å². The molecular weight excluding hydrogens is 214 g/mol. The number of nitrogens with one attached hydrogen (secondary N) is 1. The zero-order valence-electron chi connectivity index (χ0n) is 11.6. The summed E-state index contributed by atoms with van der Waals surface area (Å²) in [5, 5.41) is 3.54. The van der Waals surface area contributed by atoms with E-state index in [2.05, 4.69) is 19.2 Å². The third-order valence-corrected chi connectivity index (χ3v) is 3.81. The van der Waals surface area contributed by atoms with Gasteiger partial charge in [0.05, 0.1) is 7.11 Å². The highest BCUT2D eigenvalue weighted by Crippen LogP contribution is 2.28. The molecule has 0 spiro atoms. The van der Waals surface area contributed by atoms with Gasteiger partial charge in [0, 0.05) is 5.54 Å². The van der Waals surface area contributed by atoms with Gasteiger partial charge in [0.15, 0.2) is 0 Å². The molecule has 0 aromatic heterocycles. The minimum atomic E-state index is -0.122. The van der Waals surface area contributed by atoms with Crippen molar-refractivity contribution >= 4 is 5.97 Å². The van der Waals surface area contributed by atoms with Gasteiger partial charge in [0.25, 0.3) is 0 Å². The third-order valence-electron chi connectivity index (χ3n) is 3.81. The van der Waals surface area contributed by atoms with Crippen LogP contribution in [0.5, 0.6) is 0 Å². The molecule has 1 unspecified atom stereocenters. The maximum atomic E-state index is 11.7. The summed E-state index contributed by atoms with van der Waals surface area (Å²) < 4.78 is 4.89. The fourth-order valence-electron chi connectivity index (χ4n) is 2.70. The molecule has 1 saturated carbocycles. The summed E-state index contributed by atoms with van der Waals surface area (Å²) >= 11 is 0. The predicted molar refractivity (Wildman–Crippen MR) is 70.0 cm³/mol. The van der Waals surface area contributed by atoms with Crippen LogP contribution in [0, 0.1) is 0 Å². The van der Waals surface area contributed by atoms with Crippen LogP contribution in [0.15, 0.2) is 0 Å². The molecule has 0 heterocycles. The molecular formula is C14H27NO2. The summed E-state index contributed by atoms with van der Waals surface area (Å²) in [6, 6.07) is -0.122. The molecule has 1 N–H and O–H groups in total.